The highest BCUT2D eigenvalue weighted by Crippen LogP contribution is 2.25. The Morgan fingerprint density at radius 3 is 2.81 bits per heavy atom. The number of hydrogen-bond acceptors (Lipinski definition) is 3. The molecule has 2 heterocycles. The molecule has 1 saturated heterocycles. The molecule has 0 unspecified atom stereocenters. The van der Waals surface area contributed by atoms with Gasteiger partial charge in [-0.15, -0.1) is 0 Å². The lowest BCUT2D eigenvalue weighted by Gasteiger charge is -2.36. The van der Waals surface area contributed by atoms with Crippen molar-refractivity contribution in [3.05, 3.63) is 47.3 Å². The SMILES string of the molecule is CCn1nc(C(C)C)cc1C(=O)N1CCCC[C@H]1CCc1cccc(O)c1. The second kappa shape index (κ2) is 8.59. The van der Waals surface area contributed by atoms with Crippen LogP contribution in [0.25, 0.3) is 0 Å². The first kappa shape index (κ1) is 19.5. The van der Waals surface area contributed by atoms with Crippen LogP contribution in [0.4, 0.5) is 0 Å². The van der Waals surface area contributed by atoms with Gasteiger partial charge in [-0.3, -0.25) is 9.48 Å². The molecule has 1 fully saturated rings. The molecule has 146 valence electrons. The number of amides is 1. The zero-order chi connectivity index (χ0) is 19.4. The van der Waals surface area contributed by atoms with Gasteiger partial charge >= 0.3 is 0 Å². The van der Waals surface area contributed by atoms with E-state index >= 15 is 0 Å². The van der Waals surface area contributed by atoms with Crippen molar-refractivity contribution in [2.75, 3.05) is 6.54 Å². The van der Waals surface area contributed by atoms with Crippen LogP contribution in [0.1, 0.15) is 74.1 Å². The first-order chi connectivity index (χ1) is 13.0. The summed E-state index contributed by atoms with van der Waals surface area (Å²) < 4.78 is 1.85. The van der Waals surface area contributed by atoms with Gasteiger partial charge in [0.2, 0.25) is 0 Å². The van der Waals surface area contributed by atoms with Gasteiger partial charge in [0.15, 0.2) is 0 Å². The predicted octanol–water partition coefficient (Wildman–Crippen LogP) is 4.36. The molecule has 1 aliphatic heterocycles. The summed E-state index contributed by atoms with van der Waals surface area (Å²) in [6, 6.07) is 9.64. The van der Waals surface area contributed by atoms with Gasteiger partial charge in [-0.2, -0.15) is 5.10 Å². The van der Waals surface area contributed by atoms with Crippen LogP contribution in [0.15, 0.2) is 30.3 Å². The first-order valence-corrected chi connectivity index (χ1v) is 10.2. The number of benzene rings is 1. The summed E-state index contributed by atoms with van der Waals surface area (Å²) in [7, 11) is 0. The second-order valence-corrected chi connectivity index (χ2v) is 7.78. The molecule has 1 N–H and O–H groups in total. The first-order valence-electron chi connectivity index (χ1n) is 10.2. The molecule has 0 bridgehead atoms. The number of likely N-dealkylation sites (tertiary alicyclic amines) is 1. The third-order valence-electron chi connectivity index (χ3n) is 5.47. The number of phenolic OH excluding ortho intramolecular Hbond substituents is 1. The van der Waals surface area contributed by atoms with E-state index in [0.29, 0.717) is 23.9 Å². The number of carbonyl (C=O) groups is 1. The fraction of sp³-hybridized carbons (Fsp3) is 0.545. The lowest BCUT2D eigenvalue weighted by molar-refractivity contribution is 0.0589. The van der Waals surface area contributed by atoms with Gasteiger partial charge < -0.3 is 10.0 Å². The molecule has 0 aliphatic carbocycles. The zero-order valence-electron chi connectivity index (χ0n) is 16.7. The van der Waals surface area contributed by atoms with E-state index in [2.05, 4.69) is 23.8 Å². The minimum atomic E-state index is 0.108. The minimum Gasteiger partial charge on any atom is -0.508 e. The lowest BCUT2D eigenvalue weighted by atomic mass is 9.95. The molecule has 1 amide bonds. The van der Waals surface area contributed by atoms with Gasteiger partial charge in [0.1, 0.15) is 11.4 Å². The van der Waals surface area contributed by atoms with E-state index in [0.717, 1.165) is 43.5 Å². The molecule has 1 aliphatic rings. The number of aryl methyl sites for hydroxylation is 2. The van der Waals surface area contributed by atoms with Gasteiger partial charge in [-0.1, -0.05) is 26.0 Å². The van der Waals surface area contributed by atoms with Crippen LogP contribution in [0, 0.1) is 0 Å². The van der Waals surface area contributed by atoms with Crippen LogP contribution in [-0.2, 0) is 13.0 Å². The Morgan fingerprint density at radius 2 is 2.11 bits per heavy atom. The van der Waals surface area contributed by atoms with Gasteiger partial charge in [-0.25, -0.2) is 0 Å². The summed E-state index contributed by atoms with van der Waals surface area (Å²) in [5.74, 6) is 0.723. The average Bonchev–Trinajstić information content (AvgIpc) is 3.11. The van der Waals surface area contributed by atoms with Gasteiger partial charge in [-0.05, 0) is 68.7 Å². The van der Waals surface area contributed by atoms with Gasteiger partial charge in [0, 0.05) is 19.1 Å². The Labute approximate surface area is 162 Å². The largest absolute Gasteiger partial charge is 0.508 e. The highest BCUT2D eigenvalue weighted by atomic mass is 16.3. The summed E-state index contributed by atoms with van der Waals surface area (Å²) in [6.07, 6.45) is 5.06. The Balaban J connectivity index is 1.75. The number of nitrogens with zero attached hydrogens (tertiary/aromatic N) is 3. The molecule has 1 aromatic carbocycles. The molecule has 2 aromatic rings. The number of phenols is 1. The van der Waals surface area contributed by atoms with E-state index in [1.165, 1.54) is 6.42 Å². The summed E-state index contributed by atoms with van der Waals surface area (Å²) >= 11 is 0. The fourth-order valence-corrected chi connectivity index (χ4v) is 3.89. The van der Waals surface area contributed by atoms with Crippen LogP contribution in [0.5, 0.6) is 5.75 Å². The van der Waals surface area contributed by atoms with E-state index < -0.39 is 0 Å². The zero-order valence-corrected chi connectivity index (χ0v) is 16.7. The average molecular weight is 370 g/mol. The summed E-state index contributed by atoms with van der Waals surface area (Å²) in [5.41, 5.74) is 2.81. The molecule has 1 aromatic heterocycles. The van der Waals surface area contributed by atoms with Crippen LogP contribution in [0.2, 0.25) is 0 Å². The fourth-order valence-electron chi connectivity index (χ4n) is 3.89. The standard InChI is InChI=1S/C22H31N3O2/c1-4-25-21(15-20(23-25)16(2)3)22(27)24-13-6-5-9-18(24)12-11-17-8-7-10-19(26)14-17/h7-8,10,14-16,18,26H,4-6,9,11-13H2,1-3H3/t18-/m0/s1. The van der Waals surface area contributed by atoms with Crippen molar-refractivity contribution < 1.29 is 9.90 Å². The molecule has 5 nitrogen and oxygen atoms in total. The third kappa shape index (κ3) is 4.52. The van der Waals surface area contributed by atoms with E-state index in [9.17, 15) is 9.90 Å². The normalized spacial score (nSPS) is 17.5. The molecule has 0 saturated carbocycles. The maximum Gasteiger partial charge on any atom is 0.272 e. The van der Waals surface area contributed by atoms with E-state index in [4.69, 9.17) is 0 Å². The highest BCUT2D eigenvalue weighted by Gasteiger charge is 2.29. The number of piperidine rings is 1. The molecule has 3 rings (SSSR count). The molecule has 1 atom stereocenters. The number of hydrogen-bond donors (Lipinski definition) is 1. The van der Waals surface area contributed by atoms with Crippen molar-refractivity contribution >= 4 is 5.91 Å². The highest BCUT2D eigenvalue weighted by molar-refractivity contribution is 5.93. The van der Waals surface area contributed by atoms with Crippen LogP contribution in [-0.4, -0.2) is 38.3 Å². The van der Waals surface area contributed by atoms with E-state index in [-0.39, 0.29) is 11.9 Å². The van der Waals surface area contributed by atoms with Crippen molar-refractivity contribution in [1.29, 1.82) is 0 Å². The van der Waals surface area contributed by atoms with Crippen molar-refractivity contribution in [2.45, 2.75) is 71.4 Å². The number of aromatic hydroxyl groups is 1. The van der Waals surface area contributed by atoms with Crippen LogP contribution < -0.4 is 0 Å². The molecule has 27 heavy (non-hydrogen) atoms. The quantitative estimate of drug-likeness (QED) is 0.823. The summed E-state index contributed by atoms with van der Waals surface area (Å²) in [4.78, 5) is 15.4. The van der Waals surface area contributed by atoms with E-state index in [1.54, 1.807) is 6.07 Å². The summed E-state index contributed by atoms with van der Waals surface area (Å²) in [5, 5.41) is 14.3. The Bertz CT molecular complexity index is 782. The van der Waals surface area contributed by atoms with Gasteiger partial charge in [0.05, 0.1) is 5.69 Å². The lowest BCUT2D eigenvalue weighted by Crippen LogP contribution is -2.44. The topological polar surface area (TPSA) is 58.4 Å². The van der Waals surface area contributed by atoms with Gasteiger partial charge in [0.25, 0.3) is 5.91 Å². The molecule has 0 spiro atoms. The number of rotatable bonds is 6. The smallest absolute Gasteiger partial charge is 0.272 e. The third-order valence-corrected chi connectivity index (χ3v) is 5.47. The van der Waals surface area contributed by atoms with Crippen molar-refractivity contribution in [2.24, 2.45) is 0 Å². The van der Waals surface area contributed by atoms with E-state index in [1.807, 2.05) is 35.9 Å². The molecular weight excluding hydrogens is 338 g/mol. The minimum absolute atomic E-state index is 0.108. The number of carbonyl (C=O) groups excluding carboxylic acids is 1. The molecular formula is C22H31N3O2. The van der Waals surface area contributed by atoms with Crippen molar-refractivity contribution in [1.82, 2.24) is 14.7 Å². The van der Waals surface area contributed by atoms with Crippen LogP contribution >= 0.6 is 0 Å². The van der Waals surface area contributed by atoms with Crippen LogP contribution in [0.3, 0.4) is 0 Å². The maximum atomic E-state index is 13.3. The van der Waals surface area contributed by atoms with Crippen molar-refractivity contribution in [3.63, 3.8) is 0 Å². The predicted molar refractivity (Wildman–Crippen MR) is 107 cm³/mol. The monoisotopic (exact) mass is 369 g/mol. The number of aromatic nitrogens is 2. The Kier molecular flexibility index (Phi) is 6.19. The Hall–Kier alpha value is -2.30. The summed E-state index contributed by atoms with van der Waals surface area (Å²) in [6.45, 7) is 7.76. The maximum absolute atomic E-state index is 13.3. The second-order valence-electron chi connectivity index (χ2n) is 7.78. The molecule has 0 radical (unpaired) electrons. The Morgan fingerprint density at radius 1 is 1.30 bits per heavy atom. The van der Waals surface area contributed by atoms with Crippen molar-refractivity contribution in [3.8, 4) is 5.75 Å². The molecule has 5 heteroatoms.